The van der Waals surface area contributed by atoms with Crippen molar-refractivity contribution in [2.45, 2.75) is 53.1 Å². The lowest BCUT2D eigenvalue weighted by molar-refractivity contribution is 0.180. The zero-order chi connectivity index (χ0) is 9.11. The summed E-state index contributed by atoms with van der Waals surface area (Å²) in [5, 5.41) is 8.78. The summed E-state index contributed by atoms with van der Waals surface area (Å²) in [6.07, 6.45) is 4.54. The van der Waals surface area contributed by atoms with Gasteiger partial charge in [-0.3, -0.25) is 0 Å². The first kappa shape index (κ1) is 17.8. The van der Waals surface area contributed by atoms with Gasteiger partial charge >= 0.3 is 0 Å². The van der Waals surface area contributed by atoms with Gasteiger partial charge in [-0.15, -0.1) is 0 Å². The molecule has 3 N–H and O–H groups in total. The quantitative estimate of drug-likeness (QED) is 0.513. The van der Waals surface area contributed by atoms with Crippen LogP contribution in [0.3, 0.4) is 0 Å². The van der Waals surface area contributed by atoms with Crippen LogP contribution < -0.4 is 5.90 Å². The van der Waals surface area contributed by atoms with Gasteiger partial charge in [-0.05, 0) is 13.3 Å². The normalized spacial score (nSPS) is 10.8. The van der Waals surface area contributed by atoms with Gasteiger partial charge in [0.25, 0.3) is 0 Å². The maximum absolute atomic E-state index is 8.78. The highest BCUT2D eigenvalue weighted by Gasteiger charge is 1.92. The van der Waals surface area contributed by atoms with Crippen LogP contribution in [0.2, 0.25) is 0 Å². The Morgan fingerprint density at radius 2 is 1.83 bits per heavy atom. The van der Waals surface area contributed by atoms with E-state index >= 15 is 0 Å². The van der Waals surface area contributed by atoms with Crippen molar-refractivity contribution in [3.8, 4) is 0 Å². The lowest BCUT2D eigenvalue weighted by atomic mass is 10.1. The molecule has 0 unspecified atom stereocenters. The molecule has 0 radical (unpaired) electrons. The zero-order valence-corrected chi connectivity index (χ0v) is 7.84. The molecule has 0 aliphatic carbocycles. The average molecular weight is 179 g/mol. The van der Waals surface area contributed by atoms with E-state index in [2.05, 4.69) is 17.7 Å². The average Bonchev–Trinajstić information content (AvgIpc) is 1.89. The van der Waals surface area contributed by atoms with Crippen LogP contribution in [0, 0.1) is 0 Å². The van der Waals surface area contributed by atoms with Gasteiger partial charge in [0.1, 0.15) is 0 Å². The molecule has 78 valence electrons. The van der Waals surface area contributed by atoms with Crippen molar-refractivity contribution < 1.29 is 9.94 Å². The molecule has 0 aliphatic rings. The zero-order valence-electron chi connectivity index (χ0n) is 7.84. The molecular weight excluding hydrogens is 154 g/mol. The molecule has 0 rings (SSSR count). The highest BCUT2D eigenvalue weighted by molar-refractivity contribution is 4.45. The van der Waals surface area contributed by atoms with Gasteiger partial charge in [-0.2, -0.15) is 0 Å². The van der Waals surface area contributed by atoms with Crippen LogP contribution in [-0.4, -0.2) is 18.3 Å². The third-order valence-corrected chi connectivity index (χ3v) is 1.23. The molecule has 12 heavy (non-hydrogen) atoms. The Kier molecular flexibility index (Phi) is 25.4. The van der Waals surface area contributed by atoms with Crippen molar-refractivity contribution in [3.05, 3.63) is 0 Å². The number of hydrogen-bond acceptors (Lipinski definition) is 3. The first-order valence-corrected chi connectivity index (χ1v) is 4.09. The summed E-state index contributed by atoms with van der Waals surface area (Å²) in [6.45, 7) is 4.01. The molecule has 0 aromatic heterocycles. The van der Waals surface area contributed by atoms with Crippen molar-refractivity contribution in [1.29, 1.82) is 0 Å². The second kappa shape index (κ2) is 17.1. The van der Waals surface area contributed by atoms with Crippen LogP contribution >= 0.6 is 0 Å². The molecule has 0 aliphatic heterocycles. The van der Waals surface area contributed by atoms with Crippen LogP contribution in [0.1, 0.15) is 47.0 Å². The number of nitrogens with two attached hydrogens (primary N) is 1. The Hall–Kier alpha value is -0.120. The number of aliphatic hydroxyl groups excluding tert-OH is 1. The lowest BCUT2D eigenvalue weighted by Crippen LogP contribution is -1.97. The molecule has 0 aromatic carbocycles. The maximum Gasteiger partial charge on any atom is 0.0569 e. The minimum atomic E-state index is -0.0958. The molecule has 3 nitrogen and oxygen atoms in total. The van der Waals surface area contributed by atoms with Gasteiger partial charge < -0.3 is 9.94 Å². The Morgan fingerprint density at radius 1 is 1.42 bits per heavy atom. The van der Waals surface area contributed by atoms with E-state index in [0.29, 0.717) is 0 Å². The Bertz CT molecular complexity index is 58.5. The second-order valence-corrected chi connectivity index (χ2v) is 2.58. The van der Waals surface area contributed by atoms with E-state index in [1.807, 2.05) is 6.92 Å². The summed E-state index contributed by atoms with van der Waals surface area (Å²) in [5.74, 6) is 4.35. The number of aliphatic hydroxyl groups is 1. The van der Waals surface area contributed by atoms with E-state index in [0.717, 1.165) is 6.42 Å². The highest BCUT2D eigenvalue weighted by Crippen LogP contribution is 2.01. The maximum atomic E-state index is 8.78. The fourth-order valence-electron chi connectivity index (χ4n) is 0.690. The van der Waals surface area contributed by atoms with Crippen molar-refractivity contribution >= 4 is 0 Å². The number of hydrogen-bond donors (Lipinski definition) is 2. The predicted molar refractivity (Wildman–Crippen MR) is 53.8 cm³/mol. The molecule has 0 amide bonds. The minimum Gasteiger partial charge on any atom is -0.393 e. The topological polar surface area (TPSA) is 55.5 Å². The highest BCUT2D eigenvalue weighted by atomic mass is 16.6. The fourth-order valence-corrected chi connectivity index (χ4v) is 0.690. The van der Waals surface area contributed by atoms with Crippen molar-refractivity contribution in [1.82, 2.24) is 0 Å². The van der Waals surface area contributed by atoms with E-state index in [1.165, 1.54) is 26.4 Å². The lowest BCUT2D eigenvalue weighted by Gasteiger charge is -2.00. The van der Waals surface area contributed by atoms with E-state index in [4.69, 9.17) is 5.11 Å². The Labute approximate surface area is 76.9 Å². The molecule has 3 heteroatoms. The van der Waals surface area contributed by atoms with Gasteiger partial charge in [-0.25, -0.2) is 5.90 Å². The standard InChI is InChI=1S/C7H16O.CH5NO.CH4/c1-3-4-5-6-7(2)8;1-3-2;/h7-8H,3-6H2,1-2H3;2H2,1H3;1H4/t7-;;/m1../s1. The largest absolute Gasteiger partial charge is 0.393 e. The SMILES string of the molecule is C.CCCCC[C@@H](C)O.CON. The molecule has 0 bridgehead atoms. The summed E-state index contributed by atoms with van der Waals surface area (Å²) < 4.78 is 0. The predicted octanol–water partition coefficient (Wildman–Crippen LogP) is 2.09. The monoisotopic (exact) mass is 179 g/mol. The molecule has 0 fully saturated rings. The molecule has 0 heterocycles. The molecule has 0 saturated carbocycles. The van der Waals surface area contributed by atoms with E-state index in [9.17, 15) is 0 Å². The van der Waals surface area contributed by atoms with Gasteiger partial charge in [-0.1, -0.05) is 33.6 Å². The van der Waals surface area contributed by atoms with Crippen LogP contribution in [0.25, 0.3) is 0 Å². The van der Waals surface area contributed by atoms with Gasteiger partial charge in [0.15, 0.2) is 0 Å². The van der Waals surface area contributed by atoms with Crippen LogP contribution in [-0.2, 0) is 4.84 Å². The summed E-state index contributed by atoms with van der Waals surface area (Å²) in [4.78, 5) is 3.75. The number of unbranched alkanes of at least 4 members (excludes halogenated alkanes) is 2. The van der Waals surface area contributed by atoms with E-state index in [-0.39, 0.29) is 13.5 Å². The fraction of sp³-hybridized carbons (Fsp3) is 1.00. The molecule has 0 aromatic rings. The first-order chi connectivity index (χ1) is 5.18. The molecule has 0 spiro atoms. The van der Waals surface area contributed by atoms with E-state index < -0.39 is 0 Å². The van der Waals surface area contributed by atoms with Crippen LogP contribution in [0.15, 0.2) is 0 Å². The third kappa shape index (κ3) is 32.7. The summed E-state index contributed by atoms with van der Waals surface area (Å²) in [5.41, 5.74) is 0. The molecule has 1 atom stereocenters. The van der Waals surface area contributed by atoms with E-state index in [1.54, 1.807) is 0 Å². The van der Waals surface area contributed by atoms with Crippen molar-refractivity contribution in [2.24, 2.45) is 5.90 Å². The number of rotatable bonds is 4. The van der Waals surface area contributed by atoms with Crippen molar-refractivity contribution in [2.75, 3.05) is 7.11 Å². The Morgan fingerprint density at radius 3 is 2.08 bits per heavy atom. The van der Waals surface area contributed by atoms with Gasteiger partial charge in [0, 0.05) is 0 Å². The summed E-state index contributed by atoms with van der Waals surface area (Å²) in [6, 6.07) is 0. The second-order valence-electron chi connectivity index (χ2n) is 2.58. The Balaban J connectivity index is -0.000000177. The van der Waals surface area contributed by atoms with Crippen molar-refractivity contribution in [3.63, 3.8) is 0 Å². The third-order valence-electron chi connectivity index (χ3n) is 1.23. The first-order valence-electron chi connectivity index (χ1n) is 4.09. The van der Waals surface area contributed by atoms with Crippen LogP contribution in [0.5, 0.6) is 0 Å². The molecule has 0 saturated heterocycles. The smallest absolute Gasteiger partial charge is 0.0569 e. The molecular formula is C9H25NO2. The summed E-state index contributed by atoms with van der Waals surface area (Å²) >= 11 is 0. The summed E-state index contributed by atoms with van der Waals surface area (Å²) in [7, 11) is 1.40. The van der Waals surface area contributed by atoms with Gasteiger partial charge in [0.2, 0.25) is 0 Å². The minimum absolute atomic E-state index is 0. The van der Waals surface area contributed by atoms with Crippen LogP contribution in [0.4, 0.5) is 0 Å². The van der Waals surface area contributed by atoms with Gasteiger partial charge in [0.05, 0.1) is 13.2 Å².